The number of nitro groups is 1. The summed E-state index contributed by atoms with van der Waals surface area (Å²) in [6.45, 7) is 0. The predicted octanol–water partition coefficient (Wildman–Crippen LogP) is 1.60. The third-order valence-electron chi connectivity index (χ3n) is 2.01. The van der Waals surface area contributed by atoms with Crippen LogP contribution in [0.1, 0.15) is 5.56 Å². The minimum absolute atomic E-state index is 0.0237. The highest BCUT2D eigenvalue weighted by molar-refractivity contribution is 8.00. The number of nitro benzene ring substituents is 1. The van der Waals surface area contributed by atoms with Gasteiger partial charge in [0.2, 0.25) is 0 Å². The van der Waals surface area contributed by atoms with Crippen molar-refractivity contribution in [2.75, 3.05) is 17.8 Å². The second-order valence-corrected chi connectivity index (χ2v) is 6.95. The first kappa shape index (κ1) is 14.5. The van der Waals surface area contributed by atoms with Crippen molar-refractivity contribution in [3.8, 4) is 6.07 Å². The van der Waals surface area contributed by atoms with Crippen LogP contribution >= 0.6 is 11.8 Å². The van der Waals surface area contributed by atoms with Gasteiger partial charge >= 0.3 is 0 Å². The number of rotatable bonds is 5. The van der Waals surface area contributed by atoms with Gasteiger partial charge in [-0.3, -0.25) is 10.1 Å². The first-order chi connectivity index (χ1) is 8.33. The van der Waals surface area contributed by atoms with Crippen LogP contribution < -0.4 is 0 Å². The zero-order chi connectivity index (χ0) is 13.8. The molecule has 0 saturated carbocycles. The van der Waals surface area contributed by atoms with E-state index in [1.165, 1.54) is 30.0 Å². The zero-order valence-corrected chi connectivity index (χ0v) is 11.1. The summed E-state index contributed by atoms with van der Waals surface area (Å²) < 4.78 is 21.9. The van der Waals surface area contributed by atoms with Gasteiger partial charge in [0.15, 0.2) is 0 Å². The molecule has 0 heterocycles. The van der Waals surface area contributed by atoms with Gasteiger partial charge in [0, 0.05) is 23.0 Å². The van der Waals surface area contributed by atoms with E-state index in [1.807, 2.05) is 0 Å². The van der Waals surface area contributed by atoms with Crippen LogP contribution in [0.15, 0.2) is 23.1 Å². The van der Waals surface area contributed by atoms with Gasteiger partial charge in [0.05, 0.1) is 10.7 Å². The maximum Gasteiger partial charge on any atom is 0.287 e. The van der Waals surface area contributed by atoms with Crippen molar-refractivity contribution in [2.45, 2.75) is 4.90 Å². The number of hydrogen-bond donors (Lipinski definition) is 0. The van der Waals surface area contributed by atoms with E-state index in [9.17, 15) is 18.5 Å². The Balaban J connectivity index is 2.81. The summed E-state index contributed by atoms with van der Waals surface area (Å²) in [5.74, 6) is 0.373. The molecule has 6 nitrogen and oxygen atoms in total. The molecule has 18 heavy (non-hydrogen) atoms. The molecule has 96 valence electrons. The fourth-order valence-electron chi connectivity index (χ4n) is 1.16. The van der Waals surface area contributed by atoms with Gasteiger partial charge in [-0.2, -0.15) is 5.26 Å². The molecule has 0 amide bonds. The van der Waals surface area contributed by atoms with Crippen molar-refractivity contribution in [3.05, 3.63) is 33.9 Å². The second kappa shape index (κ2) is 5.84. The van der Waals surface area contributed by atoms with Crippen LogP contribution in [0.2, 0.25) is 0 Å². The fourth-order valence-corrected chi connectivity index (χ4v) is 3.31. The number of thioether (sulfide) groups is 1. The van der Waals surface area contributed by atoms with Gasteiger partial charge < -0.3 is 0 Å². The van der Waals surface area contributed by atoms with Crippen molar-refractivity contribution in [1.29, 1.82) is 5.26 Å². The molecule has 0 unspecified atom stereocenters. The highest BCUT2D eigenvalue weighted by Gasteiger charge is 2.14. The van der Waals surface area contributed by atoms with Crippen LogP contribution in [0.4, 0.5) is 5.69 Å². The molecule has 0 fully saturated rings. The summed E-state index contributed by atoms with van der Waals surface area (Å²) >= 11 is 1.24. The molecule has 0 aliphatic heterocycles. The maximum absolute atomic E-state index is 10.9. The molecule has 0 N–H and O–H groups in total. The Morgan fingerprint density at radius 1 is 1.50 bits per heavy atom. The Morgan fingerprint density at radius 3 is 2.67 bits per heavy atom. The quantitative estimate of drug-likeness (QED) is 0.463. The molecule has 0 saturated heterocycles. The fraction of sp³-hybridized carbons (Fsp3) is 0.300. The van der Waals surface area contributed by atoms with Crippen molar-refractivity contribution >= 4 is 27.3 Å². The largest absolute Gasteiger partial charge is 0.287 e. The van der Waals surface area contributed by atoms with Crippen molar-refractivity contribution < 1.29 is 13.3 Å². The zero-order valence-electron chi connectivity index (χ0n) is 9.49. The first-order valence-electron chi connectivity index (χ1n) is 4.82. The molecular weight excluding hydrogens is 276 g/mol. The molecule has 8 heteroatoms. The number of nitriles is 1. The Labute approximate surface area is 109 Å². The Bertz CT molecular complexity index is 605. The van der Waals surface area contributed by atoms with Gasteiger partial charge in [-0.1, -0.05) is 0 Å². The first-order valence-corrected chi connectivity index (χ1v) is 7.87. The molecule has 1 aromatic rings. The Morgan fingerprint density at radius 2 is 2.17 bits per heavy atom. The number of hydrogen-bond acceptors (Lipinski definition) is 6. The predicted molar refractivity (Wildman–Crippen MR) is 68.2 cm³/mol. The summed E-state index contributed by atoms with van der Waals surface area (Å²) in [5.41, 5.74) is -0.269. The van der Waals surface area contributed by atoms with Gasteiger partial charge in [-0.15, -0.1) is 11.8 Å². The van der Waals surface area contributed by atoms with Gasteiger partial charge in [-0.25, -0.2) is 8.42 Å². The molecule has 0 aliphatic rings. The van der Waals surface area contributed by atoms with Crippen molar-refractivity contribution in [1.82, 2.24) is 0 Å². The summed E-state index contributed by atoms with van der Waals surface area (Å²) in [6, 6.07) is 5.90. The highest BCUT2D eigenvalue weighted by atomic mass is 32.2. The minimum Gasteiger partial charge on any atom is -0.258 e. The molecule has 1 rings (SSSR count). The Kier molecular flexibility index (Phi) is 4.69. The number of nitrogens with zero attached hydrogens (tertiary/aromatic N) is 2. The summed E-state index contributed by atoms with van der Waals surface area (Å²) in [7, 11) is -3.03. The topological polar surface area (TPSA) is 101 Å². The second-order valence-electron chi connectivity index (χ2n) is 3.53. The molecule has 0 radical (unpaired) electrons. The van der Waals surface area contributed by atoms with Crippen LogP contribution in [0.25, 0.3) is 0 Å². The minimum atomic E-state index is -3.03. The van der Waals surface area contributed by atoms with E-state index >= 15 is 0 Å². The van der Waals surface area contributed by atoms with Gasteiger partial charge in [0.1, 0.15) is 21.5 Å². The van der Waals surface area contributed by atoms with Crippen LogP contribution in [0, 0.1) is 21.4 Å². The van der Waals surface area contributed by atoms with Crippen LogP contribution in [0.3, 0.4) is 0 Å². The number of sulfone groups is 1. The Hall–Kier alpha value is -1.59. The standard InChI is InChI=1S/C10H10N2O4S2/c1-18(15,16)5-4-17-9-2-3-10(12(13)14)8(6-9)7-11/h2-3,6H,4-5H2,1H3. The van der Waals surface area contributed by atoms with E-state index < -0.39 is 14.8 Å². The van der Waals surface area contributed by atoms with Crippen molar-refractivity contribution in [3.63, 3.8) is 0 Å². The molecule has 0 atom stereocenters. The molecule has 1 aromatic carbocycles. The maximum atomic E-state index is 10.9. The van der Waals surface area contributed by atoms with E-state index in [4.69, 9.17) is 5.26 Å². The van der Waals surface area contributed by atoms with Crippen LogP contribution in [0.5, 0.6) is 0 Å². The average Bonchev–Trinajstić information content (AvgIpc) is 2.26. The normalized spacial score (nSPS) is 10.9. The average molecular weight is 286 g/mol. The smallest absolute Gasteiger partial charge is 0.258 e. The van der Waals surface area contributed by atoms with E-state index in [1.54, 1.807) is 6.07 Å². The van der Waals surface area contributed by atoms with E-state index in [0.717, 1.165) is 6.26 Å². The van der Waals surface area contributed by atoms with Crippen LogP contribution in [-0.2, 0) is 9.84 Å². The van der Waals surface area contributed by atoms with E-state index in [2.05, 4.69) is 0 Å². The third-order valence-corrected chi connectivity index (χ3v) is 4.21. The lowest BCUT2D eigenvalue weighted by Crippen LogP contribution is -2.04. The molecule has 0 aromatic heterocycles. The monoisotopic (exact) mass is 286 g/mol. The van der Waals surface area contributed by atoms with Crippen LogP contribution in [-0.4, -0.2) is 31.1 Å². The lowest BCUT2D eigenvalue weighted by molar-refractivity contribution is -0.385. The van der Waals surface area contributed by atoms with E-state index in [0.29, 0.717) is 10.6 Å². The summed E-state index contributed by atoms with van der Waals surface area (Å²) in [5, 5.41) is 19.4. The number of benzene rings is 1. The van der Waals surface area contributed by atoms with E-state index in [-0.39, 0.29) is 17.0 Å². The summed E-state index contributed by atoms with van der Waals surface area (Å²) in [6.07, 6.45) is 1.14. The molecule has 0 spiro atoms. The van der Waals surface area contributed by atoms with Gasteiger partial charge in [-0.05, 0) is 12.1 Å². The van der Waals surface area contributed by atoms with Gasteiger partial charge in [0.25, 0.3) is 5.69 Å². The third kappa shape index (κ3) is 4.35. The van der Waals surface area contributed by atoms with Crippen molar-refractivity contribution in [2.24, 2.45) is 0 Å². The lowest BCUT2D eigenvalue weighted by atomic mass is 10.2. The molecular formula is C10H10N2O4S2. The lowest BCUT2D eigenvalue weighted by Gasteiger charge is -2.01. The molecule has 0 bridgehead atoms. The summed E-state index contributed by atoms with van der Waals surface area (Å²) in [4.78, 5) is 10.6. The SMILES string of the molecule is CS(=O)(=O)CCSc1ccc([N+](=O)[O-])c(C#N)c1. The highest BCUT2D eigenvalue weighted by Crippen LogP contribution is 2.25. The molecule has 0 aliphatic carbocycles.